The van der Waals surface area contributed by atoms with Gasteiger partial charge in [0, 0.05) is 12.5 Å². The normalized spacial score (nSPS) is 10.4. The third-order valence-electron chi connectivity index (χ3n) is 4.24. The number of para-hydroxylation sites is 1. The maximum absolute atomic E-state index is 12.4. The minimum Gasteiger partial charge on any atom is -0.497 e. The van der Waals surface area contributed by atoms with Crippen molar-refractivity contribution in [3.63, 3.8) is 0 Å². The molecule has 0 aliphatic heterocycles. The largest absolute Gasteiger partial charge is 0.497 e. The molecule has 1 heterocycles. The molecule has 0 saturated heterocycles. The van der Waals surface area contributed by atoms with Crippen LogP contribution in [0.2, 0.25) is 0 Å². The van der Waals surface area contributed by atoms with Crippen LogP contribution in [0.15, 0.2) is 59.1 Å². The van der Waals surface area contributed by atoms with Crippen molar-refractivity contribution in [2.45, 2.75) is 26.4 Å². The number of anilines is 1. The van der Waals surface area contributed by atoms with Crippen molar-refractivity contribution in [2.24, 2.45) is 0 Å². The highest BCUT2D eigenvalue weighted by Gasteiger charge is 2.15. The fourth-order valence-corrected chi connectivity index (χ4v) is 2.73. The van der Waals surface area contributed by atoms with E-state index in [1.54, 1.807) is 44.4 Å². The highest BCUT2D eigenvalue weighted by molar-refractivity contribution is 6.01. The molecule has 0 atom stereocenters. The van der Waals surface area contributed by atoms with Crippen molar-refractivity contribution in [3.8, 4) is 5.75 Å². The maximum atomic E-state index is 12.4. The average molecular weight is 394 g/mol. The lowest BCUT2D eigenvalue weighted by atomic mass is 10.1. The van der Waals surface area contributed by atoms with Gasteiger partial charge in [0.1, 0.15) is 5.75 Å². The molecule has 0 fully saturated rings. The van der Waals surface area contributed by atoms with E-state index in [1.807, 2.05) is 24.3 Å². The summed E-state index contributed by atoms with van der Waals surface area (Å²) in [6.07, 6.45) is 0.861. The second-order valence-electron chi connectivity index (χ2n) is 6.45. The Balaban J connectivity index is 1.57. The van der Waals surface area contributed by atoms with E-state index in [9.17, 15) is 9.59 Å². The molecule has 0 aliphatic rings. The van der Waals surface area contributed by atoms with E-state index in [0.29, 0.717) is 23.6 Å². The van der Waals surface area contributed by atoms with Gasteiger partial charge in [-0.25, -0.2) is 4.79 Å². The number of methoxy groups -OCH3 is 1. The first-order chi connectivity index (χ1) is 14.0. The van der Waals surface area contributed by atoms with Crippen molar-refractivity contribution in [3.05, 3.63) is 77.2 Å². The predicted molar refractivity (Wildman–Crippen MR) is 107 cm³/mol. The first kappa shape index (κ1) is 20.1. The fourth-order valence-electron chi connectivity index (χ4n) is 2.73. The number of nitrogens with one attached hydrogen (secondary N) is 1. The van der Waals surface area contributed by atoms with Crippen LogP contribution in [0, 0.1) is 6.92 Å². The number of benzene rings is 2. The van der Waals surface area contributed by atoms with Gasteiger partial charge < -0.3 is 19.3 Å². The number of hydrogen-bond acceptors (Lipinski definition) is 6. The van der Waals surface area contributed by atoms with Crippen molar-refractivity contribution < 1.29 is 23.6 Å². The van der Waals surface area contributed by atoms with Crippen LogP contribution in [-0.2, 0) is 22.6 Å². The number of hydrogen-bond donors (Lipinski definition) is 1. The smallest absolute Gasteiger partial charge is 0.340 e. The summed E-state index contributed by atoms with van der Waals surface area (Å²) in [5.74, 6) is 0.486. The predicted octanol–water partition coefficient (Wildman–Crippen LogP) is 3.92. The first-order valence-electron chi connectivity index (χ1n) is 9.16. The molecule has 0 bridgehead atoms. The van der Waals surface area contributed by atoms with Gasteiger partial charge in [-0.1, -0.05) is 29.4 Å². The molecule has 1 aromatic heterocycles. The molecular weight excluding hydrogens is 372 g/mol. The van der Waals surface area contributed by atoms with Crippen LogP contribution in [0.25, 0.3) is 0 Å². The van der Waals surface area contributed by atoms with E-state index in [0.717, 1.165) is 11.3 Å². The summed E-state index contributed by atoms with van der Waals surface area (Å²) in [5, 5.41) is 6.54. The molecule has 0 unspecified atom stereocenters. The second-order valence-corrected chi connectivity index (χ2v) is 6.45. The summed E-state index contributed by atoms with van der Waals surface area (Å²) < 4.78 is 15.4. The number of carbonyl (C=O) groups is 2. The van der Waals surface area contributed by atoms with Gasteiger partial charge in [0.2, 0.25) is 5.91 Å². The summed E-state index contributed by atoms with van der Waals surface area (Å²) in [6, 6.07) is 16.0. The molecule has 0 saturated carbocycles. The van der Waals surface area contributed by atoms with E-state index in [2.05, 4.69) is 10.5 Å². The molecule has 1 amide bonds. The van der Waals surface area contributed by atoms with Gasteiger partial charge in [0.15, 0.2) is 12.4 Å². The fraction of sp³-hybridized carbons (Fsp3) is 0.227. The Morgan fingerprint density at radius 3 is 2.55 bits per heavy atom. The van der Waals surface area contributed by atoms with Crippen molar-refractivity contribution in [2.75, 3.05) is 12.4 Å². The number of amides is 1. The average Bonchev–Trinajstić information content (AvgIpc) is 3.16. The van der Waals surface area contributed by atoms with Gasteiger partial charge in [0.05, 0.1) is 24.1 Å². The maximum Gasteiger partial charge on any atom is 0.340 e. The molecule has 1 N–H and O–H groups in total. The monoisotopic (exact) mass is 394 g/mol. The van der Waals surface area contributed by atoms with Gasteiger partial charge in [-0.2, -0.15) is 0 Å². The summed E-state index contributed by atoms with van der Waals surface area (Å²) >= 11 is 0. The summed E-state index contributed by atoms with van der Waals surface area (Å²) in [7, 11) is 1.61. The summed E-state index contributed by atoms with van der Waals surface area (Å²) in [6.45, 7) is 1.75. The lowest BCUT2D eigenvalue weighted by Crippen LogP contribution is -2.16. The quantitative estimate of drug-likeness (QED) is 0.583. The van der Waals surface area contributed by atoms with Crippen molar-refractivity contribution >= 4 is 17.6 Å². The Morgan fingerprint density at radius 2 is 1.86 bits per heavy atom. The van der Waals surface area contributed by atoms with Crippen molar-refractivity contribution in [1.29, 1.82) is 0 Å². The lowest BCUT2D eigenvalue weighted by Gasteiger charge is -2.10. The molecule has 0 aliphatic carbocycles. The molecule has 2 aromatic carbocycles. The minimum atomic E-state index is -0.551. The highest BCUT2D eigenvalue weighted by atomic mass is 16.5. The Hall–Kier alpha value is -3.61. The molecule has 7 nitrogen and oxygen atoms in total. The van der Waals surface area contributed by atoms with Gasteiger partial charge in [0.25, 0.3) is 0 Å². The van der Waals surface area contributed by atoms with Crippen LogP contribution in [-0.4, -0.2) is 24.1 Å². The molecular formula is C22H22N2O5. The highest BCUT2D eigenvalue weighted by Crippen LogP contribution is 2.18. The van der Waals surface area contributed by atoms with Gasteiger partial charge in [-0.3, -0.25) is 4.79 Å². The van der Waals surface area contributed by atoms with E-state index >= 15 is 0 Å². The zero-order valence-corrected chi connectivity index (χ0v) is 16.3. The Kier molecular flexibility index (Phi) is 6.63. The topological polar surface area (TPSA) is 90.7 Å². The van der Waals surface area contributed by atoms with Gasteiger partial charge in [-0.05, 0) is 43.2 Å². The molecule has 3 rings (SSSR count). The Bertz CT molecular complexity index is 979. The number of nitrogens with zero attached hydrogens (tertiary/aromatic N) is 1. The number of ether oxygens (including phenoxy) is 2. The van der Waals surface area contributed by atoms with Crippen LogP contribution in [0.1, 0.15) is 33.8 Å². The van der Waals surface area contributed by atoms with E-state index in [1.165, 1.54) is 0 Å². The minimum absolute atomic E-state index is 0.0283. The van der Waals surface area contributed by atoms with Crippen LogP contribution in [0.5, 0.6) is 5.75 Å². The van der Waals surface area contributed by atoms with Crippen LogP contribution in [0.4, 0.5) is 5.69 Å². The third kappa shape index (κ3) is 5.68. The summed E-state index contributed by atoms with van der Waals surface area (Å²) in [5.41, 5.74) is 2.42. The first-order valence-corrected chi connectivity index (χ1v) is 9.16. The van der Waals surface area contributed by atoms with Gasteiger partial charge in [-0.15, -0.1) is 0 Å². The molecule has 0 radical (unpaired) electrons. The zero-order valence-electron chi connectivity index (χ0n) is 16.3. The Labute approximate surface area is 168 Å². The lowest BCUT2D eigenvalue weighted by molar-refractivity contribution is -0.116. The number of rotatable bonds is 8. The number of esters is 1. The van der Waals surface area contributed by atoms with E-state index in [4.69, 9.17) is 14.0 Å². The number of aromatic nitrogens is 1. The Morgan fingerprint density at radius 1 is 1.10 bits per heavy atom. The standard InChI is InChI=1S/C22H22N2O5/c1-15-13-18(29-24-15)14-28-22(26)19-5-3-4-6-20(19)23-21(25)12-9-16-7-10-17(27-2)11-8-16/h3-8,10-11,13H,9,12,14H2,1-2H3,(H,23,25). The van der Waals surface area contributed by atoms with E-state index < -0.39 is 5.97 Å². The van der Waals surface area contributed by atoms with Gasteiger partial charge >= 0.3 is 5.97 Å². The number of aryl methyl sites for hydroxylation is 2. The second kappa shape index (κ2) is 9.54. The van der Waals surface area contributed by atoms with E-state index in [-0.39, 0.29) is 24.5 Å². The molecule has 7 heteroatoms. The van der Waals surface area contributed by atoms with Crippen LogP contribution >= 0.6 is 0 Å². The molecule has 0 spiro atoms. The van der Waals surface area contributed by atoms with Crippen LogP contribution < -0.4 is 10.1 Å². The SMILES string of the molecule is COc1ccc(CCC(=O)Nc2ccccc2C(=O)OCc2cc(C)no2)cc1. The molecule has 3 aromatic rings. The number of carbonyl (C=O) groups excluding carboxylic acids is 2. The van der Waals surface area contributed by atoms with Crippen LogP contribution in [0.3, 0.4) is 0 Å². The zero-order chi connectivity index (χ0) is 20.6. The molecule has 150 valence electrons. The summed E-state index contributed by atoms with van der Waals surface area (Å²) in [4.78, 5) is 24.8. The third-order valence-corrected chi connectivity index (χ3v) is 4.24. The molecule has 29 heavy (non-hydrogen) atoms. The van der Waals surface area contributed by atoms with Crippen molar-refractivity contribution in [1.82, 2.24) is 5.16 Å².